The van der Waals surface area contributed by atoms with Gasteiger partial charge in [0.25, 0.3) is 0 Å². The molecule has 0 bridgehead atoms. The van der Waals surface area contributed by atoms with E-state index in [1.54, 1.807) is 0 Å². The fraction of sp³-hybridized carbons (Fsp3) is 1.00. The fourth-order valence-electron chi connectivity index (χ4n) is 3.34. The zero-order valence-corrected chi connectivity index (χ0v) is 13.1. The molecular formula is C13H28O3Si. The Morgan fingerprint density at radius 3 is 1.82 bits per heavy atom. The van der Waals surface area contributed by atoms with E-state index in [2.05, 4.69) is 41.5 Å². The van der Waals surface area contributed by atoms with Crippen molar-refractivity contribution in [3.05, 3.63) is 0 Å². The third kappa shape index (κ3) is 2.92. The molecule has 0 saturated carbocycles. The van der Waals surface area contributed by atoms with Crippen molar-refractivity contribution in [2.45, 2.75) is 77.0 Å². The Kier molecular flexibility index (Phi) is 5.19. The molecule has 1 aliphatic rings. The summed E-state index contributed by atoms with van der Waals surface area (Å²) in [6.45, 7) is 14.2. The molecule has 0 aromatic heterocycles. The number of hydrogen-bond acceptors (Lipinski definition) is 3. The lowest BCUT2D eigenvalue weighted by molar-refractivity contribution is -0.104. The summed E-state index contributed by atoms with van der Waals surface area (Å²) in [5, 5.41) is 9.77. The van der Waals surface area contributed by atoms with E-state index >= 15 is 0 Å². The summed E-state index contributed by atoms with van der Waals surface area (Å²) in [7, 11) is -1.87. The first-order chi connectivity index (χ1) is 7.82. The molecule has 3 nitrogen and oxygen atoms in total. The Morgan fingerprint density at radius 1 is 1.06 bits per heavy atom. The Bertz CT molecular complexity index is 219. The van der Waals surface area contributed by atoms with Gasteiger partial charge in [0.1, 0.15) is 0 Å². The van der Waals surface area contributed by atoms with Crippen LogP contribution in [0.3, 0.4) is 0 Å². The summed E-state index contributed by atoms with van der Waals surface area (Å²) in [6, 6.07) is 0. The minimum Gasteiger partial charge on any atom is -0.408 e. The van der Waals surface area contributed by atoms with E-state index in [0.717, 1.165) is 6.42 Å². The molecule has 17 heavy (non-hydrogen) atoms. The zero-order valence-electron chi connectivity index (χ0n) is 12.1. The van der Waals surface area contributed by atoms with Gasteiger partial charge in [0.2, 0.25) is 8.32 Å². The lowest BCUT2D eigenvalue weighted by Gasteiger charge is -2.44. The summed E-state index contributed by atoms with van der Waals surface area (Å²) in [6.07, 6.45) is -0.0192. The minimum absolute atomic E-state index is 0.117. The van der Waals surface area contributed by atoms with E-state index in [4.69, 9.17) is 9.16 Å². The largest absolute Gasteiger partial charge is 0.408 e. The Labute approximate surface area is 107 Å². The molecule has 0 aliphatic carbocycles. The molecule has 1 heterocycles. The number of rotatable bonds is 5. The second-order valence-corrected chi connectivity index (χ2v) is 11.4. The highest BCUT2D eigenvalue weighted by molar-refractivity contribution is 6.77. The van der Waals surface area contributed by atoms with Gasteiger partial charge in [-0.1, -0.05) is 41.5 Å². The molecule has 0 radical (unpaired) electrons. The molecule has 0 spiro atoms. The van der Waals surface area contributed by atoms with Gasteiger partial charge in [-0.2, -0.15) is 0 Å². The van der Waals surface area contributed by atoms with Crippen molar-refractivity contribution in [3.8, 4) is 0 Å². The van der Waals surface area contributed by atoms with Gasteiger partial charge in [-0.15, -0.1) is 0 Å². The van der Waals surface area contributed by atoms with Crippen molar-refractivity contribution in [1.82, 2.24) is 0 Å². The lowest BCUT2D eigenvalue weighted by atomic mass is 10.3. The second kappa shape index (κ2) is 5.82. The van der Waals surface area contributed by atoms with Crippen LogP contribution in [0.5, 0.6) is 0 Å². The van der Waals surface area contributed by atoms with Crippen LogP contribution in [-0.2, 0) is 9.16 Å². The van der Waals surface area contributed by atoms with Crippen LogP contribution in [0.4, 0.5) is 0 Å². The SMILES string of the molecule is CC(C)[Si](OC1CCOC1O)(C(C)C)C(C)C. The van der Waals surface area contributed by atoms with Crippen molar-refractivity contribution < 1.29 is 14.3 Å². The third-order valence-corrected chi connectivity index (χ3v) is 10.2. The molecule has 102 valence electrons. The molecule has 2 atom stereocenters. The highest BCUT2D eigenvalue weighted by Crippen LogP contribution is 2.44. The van der Waals surface area contributed by atoms with E-state index < -0.39 is 14.6 Å². The zero-order chi connectivity index (χ0) is 13.2. The van der Waals surface area contributed by atoms with Gasteiger partial charge in [-0.25, -0.2) is 0 Å². The molecule has 2 unspecified atom stereocenters. The summed E-state index contributed by atoms with van der Waals surface area (Å²) in [5.41, 5.74) is 1.65. The van der Waals surface area contributed by atoms with E-state index in [0.29, 0.717) is 23.2 Å². The van der Waals surface area contributed by atoms with Crippen molar-refractivity contribution in [2.24, 2.45) is 0 Å². The molecule has 1 aliphatic heterocycles. The topological polar surface area (TPSA) is 38.7 Å². The first-order valence-corrected chi connectivity index (χ1v) is 8.93. The Morgan fingerprint density at radius 2 is 1.53 bits per heavy atom. The minimum atomic E-state index is -1.87. The second-order valence-electron chi connectivity index (χ2n) is 6.02. The molecule has 4 heteroatoms. The van der Waals surface area contributed by atoms with Crippen LogP contribution in [-0.4, -0.2) is 32.4 Å². The van der Waals surface area contributed by atoms with Gasteiger partial charge in [-0.05, 0) is 16.6 Å². The van der Waals surface area contributed by atoms with Gasteiger partial charge < -0.3 is 14.3 Å². The first-order valence-electron chi connectivity index (χ1n) is 6.79. The average Bonchev–Trinajstić information content (AvgIpc) is 2.58. The fourth-order valence-corrected chi connectivity index (χ4v) is 8.92. The first kappa shape index (κ1) is 15.2. The predicted molar refractivity (Wildman–Crippen MR) is 72.5 cm³/mol. The van der Waals surface area contributed by atoms with Crippen molar-refractivity contribution >= 4 is 8.32 Å². The van der Waals surface area contributed by atoms with Crippen LogP contribution < -0.4 is 0 Å². The molecule has 1 saturated heterocycles. The van der Waals surface area contributed by atoms with Crippen LogP contribution in [0.15, 0.2) is 0 Å². The highest BCUT2D eigenvalue weighted by Gasteiger charge is 2.48. The summed E-state index contributed by atoms with van der Waals surface area (Å²) in [4.78, 5) is 0. The van der Waals surface area contributed by atoms with Crippen LogP contribution in [0, 0.1) is 0 Å². The predicted octanol–water partition coefficient (Wildman–Crippen LogP) is 3.29. The monoisotopic (exact) mass is 260 g/mol. The maximum atomic E-state index is 9.77. The van der Waals surface area contributed by atoms with Crippen LogP contribution >= 0.6 is 0 Å². The van der Waals surface area contributed by atoms with Crippen LogP contribution in [0.25, 0.3) is 0 Å². The van der Waals surface area contributed by atoms with Crippen molar-refractivity contribution in [3.63, 3.8) is 0 Å². The maximum Gasteiger partial charge on any atom is 0.201 e. The molecule has 0 amide bonds. The molecule has 0 aromatic rings. The average molecular weight is 260 g/mol. The van der Waals surface area contributed by atoms with Crippen molar-refractivity contribution in [1.29, 1.82) is 0 Å². The third-order valence-electron chi connectivity index (χ3n) is 4.07. The standard InChI is InChI=1S/C13H28O3Si/c1-9(2)17(10(3)4,11(5)6)16-12-7-8-15-13(12)14/h9-14H,7-8H2,1-6H3. The molecular weight excluding hydrogens is 232 g/mol. The van der Waals surface area contributed by atoms with E-state index in [9.17, 15) is 5.11 Å². The van der Waals surface area contributed by atoms with Gasteiger partial charge in [0.05, 0.1) is 12.7 Å². The van der Waals surface area contributed by atoms with E-state index in [-0.39, 0.29) is 6.10 Å². The summed E-state index contributed by atoms with van der Waals surface area (Å²) >= 11 is 0. The van der Waals surface area contributed by atoms with Crippen LogP contribution in [0.1, 0.15) is 48.0 Å². The normalized spacial score (nSPS) is 26.5. The van der Waals surface area contributed by atoms with Crippen LogP contribution in [0.2, 0.25) is 16.6 Å². The highest BCUT2D eigenvalue weighted by atomic mass is 28.4. The van der Waals surface area contributed by atoms with E-state index in [1.807, 2.05) is 0 Å². The number of ether oxygens (including phenoxy) is 1. The lowest BCUT2D eigenvalue weighted by Crippen LogP contribution is -2.51. The molecule has 1 fully saturated rings. The Balaban J connectivity index is 2.89. The summed E-state index contributed by atoms with van der Waals surface area (Å²) < 4.78 is 11.7. The summed E-state index contributed by atoms with van der Waals surface area (Å²) in [5.74, 6) is 0. The van der Waals surface area contributed by atoms with Gasteiger partial charge in [0, 0.05) is 6.42 Å². The number of hydrogen-bond donors (Lipinski definition) is 1. The number of aliphatic hydroxyl groups excluding tert-OH is 1. The van der Waals surface area contributed by atoms with Gasteiger partial charge >= 0.3 is 0 Å². The quantitative estimate of drug-likeness (QED) is 0.771. The molecule has 1 rings (SSSR count). The molecule has 0 aromatic carbocycles. The number of aliphatic hydroxyl groups is 1. The smallest absolute Gasteiger partial charge is 0.201 e. The van der Waals surface area contributed by atoms with Gasteiger partial charge in [0.15, 0.2) is 6.29 Å². The van der Waals surface area contributed by atoms with E-state index in [1.165, 1.54) is 0 Å². The Hall–Kier alpha value is 0.0969. The molecule has 1 N–H and O–H groups in total. The maximum absolute atomic E-state index is 9.77. The van der Waals surface area contributed by atoms with Gasteiger partial charge in [-0.3, -0.25) is 0 Å². The van der Waals surface area contributed by atoms with Crippen molar-refractivity contribution in [2.75, 3.05) is 6.61 Å².